The van der Waals surface area contributed by atoms with Crippen LogP contribution in [0.4, 0.5) is 5.69 Å². The van der Waals surface area contributed by atoms with E-state index in [0.717, 1.165) is 15.9 Å². The molecule has 0 aliphatic carbocycles. The lowest BCUT2D eigenvalue weighted by Gasteiger charge is -2.26. The first-order valence-electron chi connectivity index (χ1n) is 9.20. The third-order valence-electron chi connectivity index (χ3n) is 4.65. The van der Waals surface area contributed by atoms with Gasteiger partial charge in [0.2, 0.25) is 0 Å². The summed E-state index contributed by atoms with van der Waals surface area (Å²) in [6.45, 7) is 0. The number of benzene rings is 4. The molecule has 0 fully saturated rings. The Balaban J connectivity index is 1.93. The highest BCUT2D eigenvalue weighted by atomic mass is 31.2. The van der Waals surface area contributed by atoms with Crippen molar-refractivity contribution in [2.75, 3.05) is 0 Å². The normalized spacial score (nSPS) is 11.0. The van der Waals surface area contributed by atoms with Gasteiger partial charge in [0.05, 0.1) is 4.92 Å². The topological polar surface area (TPSA) is 52.4 Å². The smallest absolute Gasteiger partial charge is 0.287 e. The molecule has 0 spiro atoms. The fourth-order valence-corrected chi connectivity index (χ4v) is 6.73. The van der Waals surface area contributed by atoms with Gasteiger partial charge in [-0.15, -0.1) is 0 Å². The van der Waals surface area contributed by atoms with Crippen LogP contribution in [0.2, 0.25) is 0 Å². The monoisotopic (exact) mass is 400 g/mol. The first-order chi connectivity index (χ1) is 14.2. The molecule has 0 atom stereocenters. The molecule has 4 aromatic rings. The lowest BCUT2D eigenvalue weighted by Crippen LogP contribution is -2.34. The quantitative estimate of drug-likeness (QED) is 0.263. The number of nitrogens with zero attached hydrogens (tertiary/aromatic N) is 1. The van der Waals surface area contributed by atoms with Crippen LogP contribution < -0.4 is 20.4 Å². The van der Waals surface area contributed by atoms with Crippen molar-refractivity contribution in [2.24, 2.45) is 0 Å². The van der Waals surface area contributed by atoms with Gasteiger partial charge in [0, 0.05) is 12.1 Å². The summed E-state index contributed by atoms with van der Waals surface area (Å²) >= 11 is 0. The number of rotatable bonds is 6. The van der Waals surface area contributed by atoms with Crippen molar-refractivity contribution in [1.82, 2.24) is 0 Å². The van der Waals surface area contributed by atoms with E-state index >= 15 is 0 Å². The maximum absolute atomic E-state index is 11.0. The second kappa shape index (κ2) is 8.26. The number of nitro benzene ring substituents is 1. The molecule has 0 N–H and O–H groups in total. The highest BCUT2D eigenvalue weighted by Crippen LogP contribution is 2.56. The Morgan fingerprint density at radius 1 is 0.586 bits per heavy atom. The first kappa shape index (κ1) is 18.9. The van der Waals surface area contributed by atoms with E-state index in [1.165, 1.54) is 12.1 Å². The van der Waals surface area contributed by atoms with Crippen LogP contribution in [0, 0.1) is 10.1 Å². The van der Waals surface area contributed by atoms with Gasteiger partial charge in [-0.3, -0.25) is 10.1 Å². The number of non-ortho nitro benzene ring substituents is 1. The summed E-state index contributed by atoms with van der Waals surface area (Å²) < 4.78 is 6.78. The van der Waals surface area contributed by atoms with E-state index in [1.54, 1.807) is 12.1 Å². The average molecular weight is 400 g/mol. The summed E-state index contributed by atoms with van der Waals surface area (Å²) in [4.78, 5) is 10.6. The van der Waals surface area contributed by atoms with E-state index in [4.69, 9.17) is 4.52 Å². The fraction of sp³-hybridized carbons (Fsp3) is 0. The standard InChI is InChI=1S/C24H19NO3P/c26-25(27)20-16-18-21(19-17-20)28-29(22-10-4-1-5-11-22,23-12-6-2-7-13-23)24-14-8-3-9-15-24/h1-19H/q+1. The van der Waals surface area contributed by atoms with Gasteiger partial charge in [-0.2, -0.15) is 0 Å². The fourth-order valence-electron chi connectivity index (χ4n) is 3.31. The zero-order chi connectivity index (χ0) is 20.1. The van der Waals surface area contributed by atoms with Crippen molar-refractivity contribution >= 4 is 29.1 Å². The molecule has 142 valence electrons. The molecule has 0 saturated heterocycles. The molecule has 4 rings (SSSR count). The molecule has 0 saturated carbocycles. The Kier molecular flexibility index (Phi) is 5.37. The molecule has 4 aromatic carbocycles. The molecule has 0 aromatic heterocycles. The number of hydrogen-bond acceptors (Lipinski definition) is 3. The third-order valence-corrected chi connectivity index (χ3v) is 8.21. The molecule has 4 nitrogen and oxygen atoms in total. The van der Waals surface area contributed by atoms with Gasteiger partial charge in [0.1, 0.15) is 15.9 Å². The van der Waals surface area contributed by atoms with Crippen LogP contribution in [0.3, 0.4) is 0 Å². The lowest BCUT2D eigenvalue weighted by molar-refractivity contribution is -0.384. The molecule has 0 amide bonds. The SMILES string of the molecule is O=[N+]([O-])c1ccc(O[P+](c2ccccc2)(c2ccccc2)c2ccccc2)cc1. The summed E-state index contributed by atoms with van der Waals surface area (Å²) in [6, 6.07) is 36.8. The van der Waals surface area contributed by atoms with Crippen molar-refractivity contribution in [3.05, 3.63) is 125 Å². The second-order valence-corrected chi connectivity index (χ2v) is 9.41. The van der Waals surface area contributed by atoms with Gasteiger partial charge in [-0.05, 0) is 48.5 Å². The van der Waals surface area contributed by atoms with Gasteiger partial charge < -0.3 is 4.52 Å². The number of nitro groups is 1. The Morgan fingerprint density at radius 3 is 1.31 bits per heavy atom. The minimum absolute atomic E-state index is 0.0421. The van der Waals surface area contributed by atoms with Crippen LogP contribution in [0.15, 0.2) is 115 Å². The lowest BCUT2D eigenvalue weighted by atomic mass is 10.3. The van der Waals surface area contributed by atoms with Gasteiger partial charge in [-0.1, -0.05) is 54.6 Å². The van der Waals surface area contributed by atoms with E-state index in [9.17, 15) is 10.1 Å². The molecule has 0 radical (unpaired) electrons. The van der Waals surface area contributed by atoms with Crippen molar-refractivity contribution in [1.29, 1.82) is 0 Å². The van der Waals surface area contributed by atoms with Crippen LogP contribution in [0.1, 0.15) is 0 Å². The van der Waals surface area contributed by atoms with E-state index in [1.807, 2.05) is 54.6 Å². The maximum atomic E-state index is 11.0. The summed E-state index contributed by atoms with van der Waals surface area (Å²) in [5, 5.41) is 14.3. The van der Waals surface area contributed by atoms with Crippen LogP contribution in [-0.4, -0.2) is 4.92 Å². The predicted octanol–water partition coefficient (Wildman–Crippen LogP) is 4.88. The van der Waals surface area contributed by atoms with E-state index < -0.39 is 12.4 Å². The van der Waals surface area contributed by atoms with E-state index in [2.05, 4.69) is 36.4 Å². The van der Waals surface area contributed by atoms with E-state index in [0.29, 0.717) is 5.75 Å². The third kappa shape index (κ3) is 3.75. The molecule has 0 aliphatic heterocycles. The minimum Gasteiger partial charge on any atom is -0.334 e. The van der Waals surface area contributed by atoms with Crippen molar-refractivity contribution in [3.63, 3.8) is 0 Å². The van der Waals surface area contributed by atoms with Crippen molar-refractivity contribution in [2.45, 2.75) is 0 Å². The highest BCUT2D eigenvalue weighted by molar-refractivity contribution is 7.92. The highest BCUT2D eigenvalue weighted by Gasteiger charge is 2.49. The summed E-state index contributed by atoms with van der Waals surface area (Å²) in [6.07, 6.45) is 0. The number of hydrogen-bond donors (Lipinski definition) is 0. The molecule has 0 bridgehead atoms. The molecule has 0 unspecified atom stereocenters. The minimum atomic E-state index is -2.48. The maximum Gasteiger partial charge on any atom is 0.287 e. The summed E-state index contributed by atoms with van der Waals surface area (Å²) in [7, 11) is -2.48. The Hall–Kier alpha value is -3.49. The van der Waals surface area contributed by atoms with Crippen LogP contribution in [0.5, 0.6) is 5.75 Å². The molecule has 0 aliphatic rings. The second-order valence-electron chi connectivity index (χ2n) is 6.46. The molecule has 5 heteroatoms. The van der Waals surface area contributed by atoms with Gasteiger partial charge >= 0.3 is 0 Å². The van der Waals surface area contributed by atoms with Crippen LogP contribution >= 0.6 is 7.49 Å². The molecular formula is C24H19NO3P+. The van der Waals surface area contributed by atoms with Gasteiger partial charge in [-0.25, -0.2) is 0 Å². The molecule has 0 heterocycles. The van der Waals surface area contributed by atoms with Gasteiger partial charge in [0.25, 0.3) is 13.2 Å². The average Bonchev–Trinajstić information content (AvgIpc) is 2.79. The summed E-state index contributed by atoms with van der Waals surface area (Å²) in [5.41, 5.74) is 0.0421. The van der Waals surface area contributed by atoms with Crippen LogP contribution in [0.25, 0.3) is 0 Å². The Bertz CT molecular complexity index is 989. The van der Waals surface area contributed by atoms with E-state index in [-0.39, 0.29) is 5.69 Å². The zero-order valence-electron chi connectivity index (χ0n) is 15.6. The van der Waals surface area contributed by atoms with Crippen molar-refractivity contribution < 1.29 is 9.45 Å². The zero-order valence-corrected chi connectivity index (χ0v) is 16.5. The van der Waals surface area contributed by atoms with Crippen LogP contribution in [-0.2, 0) is 0 Å². The van der Waals surface area contributed by atoms with Gasteiger partial charge in [0.15, 0.2) is 5.75 Å². The first-order valence-corrected chi connectivity index (χ1v) is 10.9. The predicted molar refractivity (Wildman–Crippen MR) is 119 cm³/mol. The Labute approximate surface area is 170 Å². The van der Waals surface area contributed by atoms with Crippen molar-refractivity contribution in [3.8, 4) is 5.75 Å². The summed E-state index contributed by atoms with van der Waals surface area (Å²) in [5.74, 6) is 0.598. The molecular weight excluding hydrogens is 381 g/mol. The Morgan fingerprint density at radius 2 is 0.966 bits per heavy atom. The molecule has 29 heavy (non-hydrogen) atoms. The largest absolute Gasteiger partial charge is 0.334 e.